The zero-order valence-corrected chi connectivity index (χ0v) is 16.9. The summed E-state index contributed by atoms with van der Waals surface area (Å²) in [5.41, 5.74) is 1.23. The lowest BCUT2D eigenvalue weighted by atomic mass is 9.88. The van der Waals surface area contributed by atoms with E-state index in [2.05, 4.69) is 16.8 Å². The number of halogens is 1. The number of rotatable bonds is 7. The Hall–Kier alpha value is -2.27. The minimum atomic E-state index is -0.178. The van der Waals surface area contributed by atoms with Gasteiger partial charge in [-0.15, -0.1) is 0 Å². The topological polar surface area (TPSA) is 36.4 Å². The molecule has 1 amide bonds. The third kappa shape index (κ3) is 4.96. The van der Waals surface area contributed by atoms with Crippen LogP contribution >= 0.6 is 0 Å². The SMILES string of the molecule is CCC(=O)N(CC(CC)N1CCC(c2ccc(F)cc2)CC1)c1ccccn1. The first kappa shape index (κ1) is 20.5. The van der Waals surface area contributed by atoms with Crippen LogP contribution in [0.1, 0.15) is 51.0 Å². The number of likely N-dealkylation sites (tertiary alicyclic amines) is 1. The Morgan fingerprint density at radius 2 is 1.89 bits per heavy atom. The van der Waals surface area contributed by atoms with Gasteiger partial charge >= 0.3 is 0 Å². The third-order valence-corrected chi connectivity index (χ3v) is 5.78. The molecular weight excluding hydrogens is 353 g/mol. The van der Waals surface area contributed by atoms with Gasteiger partial charge in [0.15, 0.2) is 0 Å². The second-order valence-corrected chi connectivity index (χ2v) is 7.47. The average Bonchev–Trinajstić information content (AvgIpc) is 2.75. The lowest BCUT2D eigenvalue weighted by Crippen LogP contribution is -2.48. The first-order chi connectivity index (χ1) is 13.6. The number of aromatic nitrogens is 1. The van der Waals surface area contributed by atoms with Crippen molar-refractivity contribution in [3.05, 3.63) is 60.0 Å². The van der Waals surface area contributed by atoms with E-state index >= 15 is 0 Å². The van der Waals surface area contributed by atoms with Crippen LogP contribution in [-0.2, 0) is 4.79 Å². The first-order valence-electron chi connectivity index (χ1n) is 10.3. The molecule has 0 spiro atoms. The van der Waals surface area contributed by atoms with Crippen LogP contribution in [-0.4, -0.2) is 41.5 Å². The van der Waals surface area contributed by atoms with Crippen LogP contribution in [0.15, 0.2) is 48.7 Å². The van der Waals surface area contributed by atoms with Gasteiger partial charge in [0.2, 0.25) is 5.91 Å². The van der Waals surface area contributed by atoms with Crippen LogP contribution in [0.3, 0.4) is 0 Å². The van der Waals surface area contributed by atoms with Crippen molar-refractivity contribution in [1.82, 2.24) is 9.88 Å². The van der Waals surface area contributed by atoms with Gasteiger partial charge in [-0.25, -0.2) is 9.37 Å². The molecule has 1 unspecified atom stereocenters. The molecule has 0 aliphatic carbocycles. The molecule has 3 rings (SSSR count). The summed E-state index contributed by atoms with van der Waals surface area (Å²) < 4.78 is 13.2. The molecule has 5 heteroatoms. The van der Waals surface area contributed by atoms with Crippen LogP contribution in [0.25, 0.3) is 0 Å². The van der Waals surface area contributed by atoms with E-state index in [0.717, 1.165) is 38.2 Å². The number of piperidine rings is 1. The van der Waals surface area contributed by atoms with Gasteiger partial charge in [-0.1, -0.05) is 32.0 Å². The zero-order valence-electron chi connectivity index (χ0n) is 16.9. The number of amides is 1. The molecule has 1 saturated heterocycles. The smallest absolute Gasteiger partial charge is 0.227 e. The third-order valence-electron chi connectivity index (χ3n) is 5.78. The largest absolute Gasteiger partial charge is 0.299 e. The number of anilines is 1. The number of benzene rings is 1. The van der Waals surface area contributed by atoms with Crippen molar-refractivity contribution in [2.75, 3.05) is 24.5 Å². The van der Waals surface area contributed by atoms with Crippen LogP contribution in [0, 0.1) is 5.82 Å². The van der Waals surface area contributed by atoms with Gasteiger partial charge in [-0.3, -0.25) is 14.6 Å². The fourth-order valence-electron chi connectivity index (χ4n) is 4.07. The van der Waals surface area contributed by atoms with Crippen molar-refractivity contribution >= 4 is 11.7 Å². The van der Waals surface area contributed by atoms with E-state index in [0.29, 0.717) is 24.9 Å². The Kier molecular flexibility index (Phi) is 7.15. The molecule has 4 nitrogen and oxygen atoms in total. The Morgan fingerprint density at radius 1 is 1.18 bits per heavy atom. The number of hydrogen-bond donors (Lipinski definition) is 0. The second-order valence-electron chi connectivity index (χ2n) is 7.47. The van der Waals surface area contributed by atoms with E-state index < -0.39 is 0 Å². The van der Waals surface area contributed by atoms with Crippen molar-refractivity contribution in [3.63, 3.8) is 0 Å². The van der Waals surface area contributed by atoms with Gasteiger partial charge in [0, 0.05) is 25.2 Å². The molecule has 1 aromatic carbocycles. The highest BCUT2D eigenvalue weighted by Gasteiger charge is 2.28. The highest BCUT2D eigenvalue weighted by molar-refractivity contribution is 5.92. The van der Waals surface area contributed by atoms with E-state index in [1.165, 1.54) is 5.56 Å². The predicted molar refractivity (Wildman–Crippen MR) is 111 cm³/mol. The van der Waals surface area contributed by atoms with Gasteiger partial charge < -0.3 is 0 Å². The molecule has 0 bridgehead atoms. The Labute approximate surface area is 167 Å². The highest BCUT2D eigenvalue weighted by atomic mass is 19.1. The maximum Gasteiger partial charge on any atom is 0.227 e. The molecule has 150 valence electrons. The molecule has 1 fully saturated rings. The minimum Gasteiger partial charge on any atom is -0.299 e. The molecule has 2 heterocycles. The van der Waals surface area contributed by atoms with Gasteiger partial charge in [0.1, 0.15) is 11.6 Å². The molecule has 2 aromatic rings. The summed E-state index contributed by atoms with van der Waals surface area (Å²) in [7, 11) is 0. The molecule has 0 N–H and O–H groups in total. The van der Waals surface area contributed by atoms with Crippen LogP contribution in [0.2, 0.25) is 0 Å². The summed E-state index contributed by atoms with van der Waals surface area (Å²) in [5.74, 6) is 1.15. The van der Waals surface area contributed by atoms with Crippen LogP contribution in [0.5, 0.6) is 0 Å². The van der Waals surface area contributed by atoms with Crippen LogP contribution in [0.4, 0.5) is 10.2 Å². The van der Waals surface area contributed by atoms with E-state index in [1.54, 1.807) is 18.3 Å². The molecule has 1 aliphatic rings. The standard InChI is InChI=1S/C23H30FN3O/c1-3-21(17-27(23(28)4-2)22-7-5-6-14-25-22)26-15-12-19(13-16-26)18-8-10-20(24)11-9-18/h5-11,14,19,21H,3-4,12-13,15-17H2,1-2H3. The highest BCUT2D eigenvalue weighted by Crippen LogP contribution is 2.29. The van der Waals surface area contributed by atoms with E-state index in [4.69, 9.17) is 0 Å². The fraction of sp³-hybridized carbons (Fsp3) is 0.478. The minimum absolute atomic E-state index is 0.110. The van der Waals surface area contributed by atoms with Crippen molar-refractivity contribution < 1.29 is 9.18 Å². The number of pyridine rings is 1. The maximum atomic E-state index is 13.2. The van der Waals surface area contributed by atoms with Gasteiger partial charge in [0.25, 0.3) is 0 Å². The molecular formula is C23H30FN3O. The second kappa shape index (κ2) is 9.78. The quantitative estimate of drug-likeness (QED) is 0.700. The summed E-state index contributed by atoms with van der Waals surface area (Å²) >= 11 is 0. The number of hydrogen-bond acceptors (Lipinski definition) is 3. The van der Waals surface area contributed by atoms with Crippen molar-refractivity contribution in [1.29, 1.82) is 0 Å². The van der Waals surface area contributed by atoms with E-state index in [-0.39, 0.29) is 11.7 Å². The van der Waals surface area contributed by atoms with Crippen LogP contribution < -0.4 is 4.90 Å². The maximum absolute atomic E-state index is 13.2. The van der Waals surface area contributed by atoms with Gasteiger partial charge in [-0.2, -0.15) is 0 Å². The fourth-order valence-corrected chi connectivity index (χ4v) is 4.07. The average molecular weight is 384 g/mol. The molecule has 0 radical (unpaired) electrons. The van der Waals surface area contributed by atoms with Crippen molar-refractivity contribution in [2.24, 2.45) is 0 Å². The summed E-state index contributed by atoms with van der Waals surface area (Å²) in [4.78, 5) is 21.3. The Balaban J connectivity index is 1.64. The van der Waals surface area contributed by atoms with Gasteiger partial charge in [-0.05, 0) is 68.1 Å². The van der Waals surface area contributed by atoms with Crippen molar-refractivity contribution in [2.45, 2.75) is 51.5 Å². The first-order valence-corrected chi connectivity index (χ1v) is 10.3. The molecule has 28 heavy (non-hydrogen) atoms. The molecule has 1 atom stereocenters. The number of carbonyl (C=O) groups excluding carboxylic acids is 1. The molecule has 1 aromatic heterocycles. The lowest BCUT2D eigenvalue weighted by Gasteiger charge is -2.39. The molecule has 1 aliphatic heterocycles. The predicted octanol–water partition coefficient (Wildman–Crippen LogP) is 4.62. The zero-order chi connectivity index (χ0) is 19.9. The van der Waals surface area contributed by atoms with E-state index in [1.807, 2.05) is 42.2 Å². The van der Waals surface area contributed by atoms with Crippen molar-refractivity contribution in [3.8, 4) is 0 Å². The number of carbonyl (C=O) groups is 1. The summed E-state index contributed by atoms with van der Waals surface area (Å²) in [6.45, 7) is 6.74. The lowest BCUT2D eigenvalue weighted by molar-refractivity contribution is -0.118. The Bertz CT molecular complexity index is 742. The summed E-state index contributed by atoms with van der Waals surface area (Å²) in [6, 6.07) is 12.9. The van der Waals surface area contributed by atoms with Gasteiger partial charge in [0.05, 0.1) is 0 Å². The summed E-state index contributed by atoms with van der Waals surface area (Å²) in [5, 5.41) is 0. The van der Waals surface area contributed by atoms with E-state index in [9.17, 15) is 9.18 Å². The molecule has 0 saturated carbocycles. The Morgan fingerprint density at radius 3 is 2.46 bits per heavy atom. The monoisotopic (exact) mass is 383 g/mol. The summed E-state index contributed by atoms with van der Waals surface area (Å²) in [6.07, 6.45) is 5.32. The number of nitrogens with zero attached hydrogens (tertiary/aromatic N) is 3. The normalized spacial score (nSPS) is 16.7.